The van der Waals surface area contributed by atoms with E-state index in [1.807, 2.05) is 6.92 Å². The van der Waals surface area contributed by atoms with E-state index in [4.69, 9.17) is 0 Å². The van der Waals surface area contributed by atoms with Gasteiger partial charge < -0.3 is 10.6 Å². The van der Waals surface area contributed by atoms with Gasteiger partial charge in [-0.3, -0.25) is 9.69 Å². The van der Waals surface area contributed by atoms with E-state index < -0.39 is 0 Å². The quantitative estimate of drug-likeness (QED) is 0.717. The zero-order valence-corrected chi connectivity index (χ0v) is 13.7. The van der Waals surface area contributed by atoms with Gasteiger partial charge in [-0.05, 0) is 45.7 Å². The van der Waals surface area contributed by atoms with Crippen LogP contribution in [0.25, 0.3) is 0 Å². The van der Waals surface area contributed by atoms with Crippen LogP contribution in [0.4, 0.5) is 0 Å². The standard InChI is InChI=1S/C16H33N3O/c1-5-14(6-2)18-16(20)13(4)19(7-3)12-15-10-8-9-11-17-15/h13-15,17H,5-12H2,1-4H3,(H,18,20). The zero-order valence-electron chi connectivity index (χ0n) is 13.7. The minimum atomic E-state index is -0.0377. The van der Waals surface area contributed by atoms with Gasteiger partial charge in [0, 0.05) is 18.6 Å². The maximum absolute atomic E-state index is 12.3. The van der Waals surface area contributed by atoms with Crippen LogP contribution in [0.1, 0.15) is 59.8 Å². The minimum absolute atomic E-state index is 0.0377. The molecule has 4 nitrogen and oxygen atoms in total. The Labute approximate surface area is 124 Å². The normalized spacial score (nSPS) is 21.2. The molecule has 1 saturated heterocycles. The van der Waals surface area contributed by atoms with Crippen molar-refractivity contribution in [2.75, 3.05) is 19.6 Å². The molecule has 1 fully saturated rings. The lowest BCUT2D eigenvalue weighted by Crippen LogP contribution is -2.52. The van der Waals surface area contributed by atoms with Crippen LogP contribution in [0.15, 0.2) is 0 Å². The van der Waals surface area contributed by atoms with Crippen LogP contribution in [-0.4, -0.2) is 48.6 Å². The van der Waals surface area contributed by atoms with E-state index in [1.165, 1.54) is 19.3 Å². The van der Waals surface area contributed by atoms with Crippen LogP contribution < -0.4 is 10.6 Å². The Bertz CT molecular complexity index is 273. The topological polar surface area (TPSA) is 44.4 Å². The summed E-state index contributed by atoms with van der Waals surface area (Å²) in [6.07, 6.45) is 5.84. The molecule has 20 heavy (non-hydrogen) atoms. The highest BCUT2D eigenvalue weighted by atomic mass is 16.2. The van der Waals surface area contributed by atoms with Crippen molar-refractivity contribution in [1.82, 2.24) is 15.5 Å². The Balaban J connectivity index is 2.47. The Hall–Kier alpha value is -0.610. The third kappa shape index (κ3) is 5.41. The first-order valence-corrected chi connectivity index (χ1v) is 8.40. The fourth-order valence-electron chi connectivity index (χ4n) is 2.90. The molecule has 2 unspecified atom stereocenters. The van der Waals surface area contributed by atoms with Gasteiger partial charge in [-0.15, -0.1) is 0 Å². The molecule has 118 valence electrons. The maximum atomic E-state index is 12.3. The first-order valence-electron chi connectivity index (χ1n) is 8.40. The van der Waals surface area contributed by atoms with Crippen molar-refractivity contribution < 1.29 is 4.79 Å². The Morgan fingerprint density at radius 3 is 2.50 bits per heavy atom. The van der Waals surface area contributed by atoms with Gasteiger partial charge in [-0.1, -0.05) is 27.2 Å². The molecule has 1 heterocycles. The van der Waals surface area contributed by atoms with Crippen LogP contribution in [0, 0.1) is 0 Å². The highest BCUT2D eigenvalue weighted by Gasteiger charge is 2.24. The smallest absolute Gasteiger partial charge is 0.237 e. The van der Waals surface area contributed by atoms with Crippen LogP contribution >= 0.6 is 0 Å². The van der Waals surface area contributed by atoms with E-state index in [2.05, 4.69) is 36.3 Å². The molecule has 0 bridgehead atoms. The fourth-order valence-corrected chi connectivity index (χ4v) is 2.90. The molecule has 0 radical (unpaired) electrons. The number of rotatable bonds is 8. The molecule has 0 aliphatic carbocycles. The molecule has 0 spiro atoms. The van der Waals surface area contributed by atoms with Crippen molar-refractivity contribution >= 4 is 5.91 Å². The summed E-state index contributed by atoms with van der Waals surface area (Å²) in [7, 11) is 0. The summed E-state index contributed by atoms with van der Waals surface area (Å²) >= 11 is 0. The third-order valence-corrected chi connectivity index (χ3v) is 4.53. The lowest BCUT2D eigenvalue weighted by molar-refractivity contribution is -0.126. The highest BCUT2D eigenvalue weighted by molar-refractivity contribution is 5.81. The van der Waals surface area contributed by atoms with Gasteiger partial charge in [-0.2, -0.15) is 0 Å². The van der Waals surface area contributed by atoms with Gasteiger partial charge in [0.15, 0.2) is 0 Å². The number of carbonyl (C=O) groups excluding carboxylic acids is 1. The largest absolute Gasteiger partial charge is 0.352 e. The van der Waals surface area contributed by atoms with Crippen LogP contribution in [-0.2, 0) is 4.79 Å². The lowest BCUT2D eigenvalue weighted by Gasteiger charge is -2.33. The van der Waals surface area contributed by atoms with Crippen LogP contribution in [0.3, 0.4) is 0 Å². The van der Waals surface area contributed by atoms with E-state index in [0.29, 0.717) is 12.1 Å². The number of hydrogen-bond donors (Lipinski definition) is 2. The van der Waals surface area contributed by atoms with Gasteiger partial charge in [-0.25, -0.2) is 0 Å². The number of piperidine rings is 1. The molecule has 0 aromatic carbocycles. The summed E-state index contributed by atoms with van der Waals surface area (Å²) in [5.74, 6) is 0.177. The summed E-state index contributed by atoms with van der Waals surface area (Å²) in [5.41, 5.74) is 0. The van der Waals surface area contributed by atoms with Crippen LogP contribution in [0.5, 0.6) is 0 Å². The highest BCUT2D eigenvalue weighted by Crippen LogP contribution is 2.11. The first kappa shape index (κ1) is 17.4. The first-order chi connectivity index (χ1) is 9.62. The molecule has 2 N–H and O–H groups in total. The number of carbonyl (C=O) groups is 1. The second-order valence-electron chi connectivity index (χ2n) is 5.93. The second kappa shape index (κ2) is 9.35. The predicted molar refractivity (Wildman–Crippen MR) is 84.9 cm³/mol. The van der Waals surface area contributed by atoms with E-state index in [0.717, 1.165) is 32.5 Å². The number of amides is 1. The van der Waals surface area contributed by atoms with E-state index in [9.17, 15) is 4.79 Å². The molecule has 0 aromatic rings. The van der Waals surface area contributed by atoms with Crippen molar-refractivity contribution in [2.24, 2.45) is 0 Å². The molecule has 0 saturated carbocycles. The Morgan fingerprint density at radius 2 is 2.00 bits per heavy atom. The molecular weight excluding hydrogens is 250 g/mol. The number of nitrogens with one attached hydrogen (secondary N) is 2. The zero-order chi connectivity index (χ0) is 15.0. The lowest BCUT2D eigenvalue weighted by atomic mass is 10.0. The molecule has 1 aliphatic heterocycles. The van der Waals surface area contributed by atoms with Crippen molar-refractivity contribution in [1.29, 1.82) is 0 Å². The van der Waals surface area contributed by atoms with E-state index >= 15 is 0 Å². The van der Waals surface area contributed by atoms with Crippen molar-refractivity contribution in [3.8, 4) is 0 Å². The molecule has 4 heteroatoms. The summed E-state index contributed by atoms with van der Waals surface area (Å²) in [6.45, 7) is 11.5. The van der Waals surface area contributed by atoms with Crippen LogP contribution in [0.2, 0.25) is 0 Å². The Kier molecular flexibility index (Phi) is 8.15. The average molecular weight is 283 g/mol. The third-order valence-electron chi connectivity index (χ3n) is 4.53. The summed E-state index contributed by atoms with van der Waals surface area (Å²) in [6, 6.07) is 0.827. The monoisotopic (exact) mass is 283 g/mol. The molecule has 2 atom stereocenters. The summed E-state index contributed by atoms with van der Waals surface area (Å²) in [5, 5.41) is 6.73. The number of likely N-dealkylation sites (N-methyl/N-ethyl adjacent to an activating group) is 1. The molecule has 1 rings (SSSR count). The maximum Gasteiger partial charge on any atom is 0.237 e. The van der Waals surface area contributed by atoms with Gasteiger partial charge >= 0.3 is 0 Å². The SMILES string of the molecule is CCC(CC)NC(=O)C(C)N(CC)CC1CCCCN1. The summed E-state index contributed by atoms with van der Waals surface area (Å²) in [4.78, 5) is 14.6. The van der Waals surface area contributed by atoms with E-state index in [-0.39, 0.29) is 11.9 Å². The fraction of sp³-hybridized carbons (Fsp3) is 0.938. The van der Waals surface area contributed by atoms with Crippen molar-refractivity contribution in [3.05, 3.63) is 0 Å². The van der Waals surface area contributed by atoms with Gasteiger partial charge in [0.1, 0.15) is 0 Å². The molecule has 0 aromatic heterocycles. The Morgan fingerprint density at radius 1 is 1.30 bits per heavy atom. The predicted octanol–water partition coefficient (Wildman–Crippen LogP) is 2.14. The van der Waals surface area contributed by atoms with Crippen molar-refractivity contribution in [2.45, 2.75) is 77.9 Å². The summed E-state index contributed by atoms with van der Waals surface area (Å²) < 4.78 is 0. The van der Waals surface area contributed by atoms with Gasteiger partial charge in [0.2, 0.25) is 5.91 Å². The second-order valence-corrected chi connectivity index (χ2v) is 5.93. The number of hydrogen-bond acceptors (Lipinski definition) is 3. The van der Waals surface area contributed by atoms with Gasteiger partial charge in [0.25, 0.3) is 0 Å². The molecular formula is C16H33N3O. The minimum Gasteiger partial charge on any atom is -0.352 e. The van der Waals surface area contributed by atoms with Gasteiger partial charge in [0.05, 0.1) is 6.04 Å². The van der Waals surface area contributed by atoms with E-state index in [1.54, 1.807) is 0 Å². The van der Waals surface area contributed by atoms with Crippen molar-refractivity contribution in [3.63, 3.8) is 0 Å². The average Bonchev–Trinajstić information content (AvgIpc) is 2.50. The molecule has 1 amide bonds. The molecule has 1 aliphatic rings. The number of nitrogens with zero attached hydrogens (tertiary/aromatic N) is 1.